The Kier molecular flexibility index (Phi) is 4.29. The number of quaternary nitrogens is 1. The molecule has 23 heavy (non-hydrogen) atoms. The molecule has 0 fully saturated rings. The number of hydrogen-bond acceptors (Lipinski definition) is 4. The Hall–Kier alpha value is -2.41. The first-order valence-corrected chi connectivity index (χ1v) is 7.53. The van der Waals surface area contributed by atoms with E-state index in [0.29, 0.717) is 0 Å². The van der Waals surface area contributed by atoms with Crippen LogP contribution in [-0.4, -0.2) is 17.2 Å². The van der Waals surface area contributed by atoms with Gasteiger partial charge in [-0.25, -0.2) is 5.21 Å². The third-order valence-corrected chi connectivity index (χ3v) is 4.02. The van der Waals surface area contributed by atoms with Gasteiger partial charge in [-0.15, -0.1) is 0 Å². The summed E-state index contributed by atoms with van der Waals surface area (Å²) in [6.45, 7) is 2.07. The standard InChI is InChI=1S/C17H19N3O3/c1-12-10-14-4-2-3-5-16(14)19(12)18-17(21)11-13-6-8-15(9-7-13)20(22)23/h2-9,12,20,22H,10-11H2,1H3,(H,18,21). The van der Waals surface area contributed by atoms with Crippen molar-refractivity contribution in [3.05, 3.63) is 64.9 Å². The van der Waals surface area contributed by atoms with Crippen LogP contribution in [0, 0.1) is 5.21 Å². The van der Waals surface area contributed by atoms with Crippen LogP contribution >= 0.6 is 0 Å². The molecule has 2 aromatic carbocycles. The molecule has 2 aromatic rings. The molecule has 1 amide bonds. The molecular weight excluding hydrogens is 294 g/mol. The molecule has 0 bridgehead atoms. The molecule has 1 aliphatic rings. The van der Waals surface area contributed by atoms with E-state index in [1.165, 1.54) is 17.7 Å². The van der Waals surface area contributed by atoms with Crippen LogP contribution in [0.1, 0.15) is 18.1 Å². The molecule has 2 unspecified atom stereocenters. The number of amides is 1. The van der Waals surface area contributed by atoms with Crippen molar-refractivity contribution in [2.75, 3.05) is 5.01 Å². The highest BCUT2D eigenvalue weighted by molar-refractivity contribution is 5.81. The summed E-state index contributed by atoms with van der Waals surface area (Å²) in [5, 5.41) is 20.7. The number of anilines is 1. The smallest absolute Gasteiger partial charge is 0.242 e. The molecule has 0 spiro atoms. The van der Waals surface area contributed by atoms with E-state index >= 15 is 0 Å². The van der Waals surface area contributed by atoms with Crippen LogP contribution in [0.4, 0.5) is 11.4 Å². The fourth-order valence-electron chi connectivity index (χ4n) is 2.86. The van der Waals surface area contributed by atoms with Gasteiger partial charge >= 0.3 is 0 Å². The van der Waals surface area contributed by atoms with Crippen LogP contribution in [0.3, 0.4) is 0 Å². The average molecular weight is 313 g/mol. The van der Waals surface area contributed by atoms with Gasteiger partial charge in [-0.3, -0.25) is 15.2 Å². The Labute approximate surface area is 134 Å². The predicted molar refractivity (Wildman–Crippen MR) is 86.2 cm³/mol. The summed E-state index contributed by atoms with van der Waals surface area (Å²) < 4.78 is 0. The lowest BCUT2D eigenvalue weighted by Gasteiger charge is -2.25. The molecule has 0 aromatic heterocycles. The SMILES string of the molecule is CC1Cc2ccccc2N1NC(=O)Cc1ccc([NH+]([O-])O)cc1. The highest BCUT2D eigenvalue weighted by atomic mass is 16.8. The quantitative estimate of drug-likeness (QED) is 0.739. The highest BCUT2D eigenvalue weighted by Crippen LogP contribution is 2.29. The average Bonchev–Trinajstić information content (AvgIpc) is 2.84. The largest absolute Gasteiger partial charge is 0.595 e. The Morgan fingerprint density at radius 3 is 2.70 bits per heavy atom. The molecule has 6 nitrogen and oxygen atoms in total. The number of nitrogens with one attached hydrogen (secondary N) is 2. The third-order valence-electron chi connectivity index (χ3n) is 4.02. The van der Waals surface area contributed by atoms with Crippen molar-refractivity contribution in [3.63, 3.8) is 0 Å². The fraction of sp³-hybridized carbons (Fsp3) is 0.235. The maximum Gasteiger partial charge on any atom is 0.242 e. The molecule has 2 atom stereocenters. The van der Waals surface area contributed by atoms with Gasteiger partial charge in [0.15, 0.2) is 5.69 Å². The van der Waals surface area contributed by atoms with Crippen molar-refractivity contribution in [2.24, 2.45) is 0 Å². The Morgan fingerprint density at radius 2 is 2.00 bits per heavy atom. The monoisotopic (exact) mass is 313 g/mol. The topological polar surface area (TPSA) is 80.1 Å². The lowest BCUT2D eigenvalue weighted by molar-refractivity contribution is -0.991. The molecule has 3 N–H and O–H groups in total. The van der Waals surface area contributed by atoms with Gasteiger partial charge in [0.1, 0.15) is 0 Å². The molecule has 0 radical (unpaired) electrons. The van der Waals surface area contributed by atoms with Crippen molar-refractivity contribution in [1.82, 2.24) is 5.43 Å². The number of hydrogen-bond donors (Lipinski definition) is 3. The number of para-hydroxylation sites is 1. The number of carbonyl (C=O) groups is 1. The van der Waals surface area contributed by atoms with Crippen molar-refractivity contribution >= 4 is 17.3 Å². The number of carbonyl (C=O) groups excluding carboxylic acids is 1. The van der Waals surface area contributed by atoms with Gasteiger partial charge < -0.3 is 5.21 Å². The number of rotatable bonds is 4. The molecule has 3 rings (SSSR count). The second kappa shape index (κ2) is 6.37. The molecule has 1 heterocycles. The van der Waals surface area contributed by atoms with Crippen molar-refractivity contribution in [1.29, 1.82) is 0 Å². The predicted octanol–water partition coefficient (Wildman–Crippen LogP) is 1.11. The molecule has 1 aliphatic heterocycles. The summed E-state index contributed by atoms with van der Waals surface area (Å²) in [7, 11) is 0. The van der Waals surface area contributed by atoms with E-state index in [-0.39, 0.29) is 24.1 Å². The van der Waals surface area contributed by atoms with E-state index in [4.69, 9.17) is 5.21 Å². The van der Waals surface area contributed by atoms with Gasteiger partial charge in [0.2, 0.25) is 5.91 Å². The minimum Gasteiger partial charge on any atom is -0.595 e. The normalized spacial score (nSPS) is 17.7. The van der Waals surface area contributed by atoms with Gasteiger partial charge in [-0.1, -0.05) is 30.3 Å². The maximum atomic E-state index is 12.3. The molecule has 0 saturated carbocycles. The number of benzene rings is 2. The lowest BCUT2D eigenvalue weighted by atomic mass is 10.1. The lowest BCUT2D eigenvalue weighted by Crippen LogP contribution is -2.99. The minimum atomic E-state index is -0.969. The summed E-state index contributed by atoms with van der Waals surface area (Å²) in [6, 6.07) is 14.6. The van der Waals surface area contributed by atoms with Crippen molar-refractivity contribution in [2.45, 2.75) is 25.8 Å². The van der Waals surface area contributed by atoms with Crippen LogP contribution in [0.25, 0.3) is 0 Å². The Bertz CT molecular complexity index is 700. The summed E-state index contributed by atoms with van der Waals surface area (Å²) in [4.78, 5) is 12.3. The minimum absolute atomic E-state index is 0.114. The first-order valence-electron chi connectivity index (χ1n) is 7.53. The van der Waals surface area contributed by atoms with E-state index in [2.05, 4.69) is 18.4 Å². The van der Waals surface area contributed by atoms with E-state index in [9.17, 15) is 10.0 Å². The van der Waals surface area contributed by atoms with Crippen molar-refractivity contribution < 1.29 is 15.2 Å². The summed E-state index contributed by atoms with van der Waals surface area (Å²) >= 11 is 0. The van der Waals surface area contributed by atoms with E-state index in [0.717, 1.165) is 17.7 Å². The zero-order chi connectivity index (χ0) is 16.4. The maximum absolute atomic E-state index is 12.3. The Morgan fingerprint density at radius 1 is 1.30 bits per heavy atom. The van der Waals surface area contributed by atoms with Gasteiger partial charge in [0.05, 0.1) is 18.2 Å². The highest BCUT2D eigenvalue weighted by Gasteiger charge is 2.26. The van der Waals surface area contributed by atoms with E-state index in [1.807, 2.05) is 23.2 Å². The second-order valence-corrected chi connectivity index (χ2v) is 5.77. The third kappa shape index (κ3) is 3.34. The van der Waals surface area contributed by atoms with Crippen LogP contribution in [0.15, 0.2) is 48.5 Å². The first kappa shape index (κ1) is 15.5. The van der Waals surface area contributed by atoms with Gasteiger partial charge in [0.25, 0.3) is 0 Å². The second-order valence-electron chi connectivity index (χ2n) is 5.77. The van der Waals surface area contributed by atoms with Gasteiger partial charge in [0, 0.05) is 12.1 Å². The molecule has 0 saturated heterocycles. The zero-order valence-corrected chi connectivity index (χ0v) is 12.8. The van der Waals surface area contributed by atoms with E-state index in [1.54, 1.807) is 12.1 Å². The summed E-state index contributed by atoms with van der Waals surface area (Å²) in [6.07, 6.45) is 1.12. The van der Waals surface area contributed by atoms with Gasteiger partial charge in [-0.2, -0.15) is 5.23 Å². The van der Waals surface area contributed by atoms with E-state index < -0.39 is 5.23 Å². The molecule has 0 aliphatic carbocycles. The first-order chi connectivity index (χ1) is 11.0. The Balaban J connectivity index is 1.66. The molecular formula is C17H19N3O3. The summed E-state index contributed by atoms with van der Waals surface area (Å²) in [5.74, 6) is -0.114. The zero-order valence-electron chi connectivity index (χ0n) is 12.8. The molecule has 120 valence electrons. The van der Waals surface area contributed by atoms with Crippen LogP contribution in [-0.2, 0) is 17.6 Å². The fourth-order valence-corrected chi connectivity index (χ4v) is 2.86. The number of nitrogens with zero attached hydrogens (tertiary/aromatic N) is 1. The van der Waals surface area contributed by atoms with Crippen LogP contribution in [0.5, 0.6) is 0 Å². The van der Waals surface area contributed by atoms with Crippen molar-refractivity contribution in [3.8, 4) is 0 Å². The van der Waals surface area contributed by atoms with Crippen LogP contribution < -0.4 is 15.7 Å². The van der Waals surface area contributed by atoms with Gasteiger partial charge in [-0.05, 0) is 30.5 Å². The summed E-state index contributed by atoms with van der Waals surface area (Å²) in [5.41, 5.74) is 6.22. The van der Waals surface area contributed by atoms with Crippen LogP contribution in [0.2, 0.25) is 0 Å². The molecule has 6 heteroatoms. The number of fused-ring (bicyclic) bond motifs is 1. The number of hydrazine groups is 1.